The Bertz CT molecular complexity index is 4150. The van der Waals surface area contributed by atoms with Gasteiger partial charge >= 0.3 is 29.6 Å². The van der Waals surface area contributed by atoms with Gasteiger partial charge in [-0.15, -0.1) is 0 Å². The summed E-state index contributed by atoms with van der Waals surface area (Å²) in [7, 11) is -3.03. The minimum absolute atomic E-state index is 0. The fourth-order valence-corrected chi connectivity index (χ4v) is 19.7. The van der Waals surface area contributed by atoms with E-state index in [1.165, 1.54) is 5.56 Å². The number of nitrogens with one attached hydrogen (secondary N) is 1. The monoisotopic (exact) mass is 1290 g/mol. The number of aromatic hydroxyl groups is 1. The van der Waals surface area contributed by atoms with Crippen molar-refractivity contribution in [2.75, 3.05) is 13.7 Å². The van der Waals surface area contributed by atoms with Gasteiger partial charge in [0.2, 0.25) is 5.72 Å². The van der Waals surface area contributed by atoms with E-state index in [-0.39, 0.29) is 95.9 Å². The number of hydrogen-bond donors (Lipinski definition) is 7. The summed E-state index contributed by atoms with van der Waals surface area (Å²) in [6.07, 6.45) is 8.46. The minimum Gasteiger partial charge on any atom is -0.748 e. The third-order valence-corrected chi connectivity index (χ3v) is 24.2. The number of phenols is 1. The molecule has 0 radical (unpaired) electrons. The molecule has 94 heavy (non-hydrogen) atoms. The predicted octanol–water partition coefficient (Wildman–Crippen LogP) is 9.55. The molecule has 484 valence electrons. The van der Waals surface area contributed by atoms with Gasteiger partial charge in [-0.05, 0) is 223 Å². The number of guanidine groups is 1. The summed E-state index contributed by atoms with van der Waals surface area (Å²) in [6, 6.07) is 50.9. The quantitative estimate of drug-likeness (QED) is 0.0151. The van der Waals surface area contributed by atoms with Crippen molar-refractivity contribution >= 4 is 26.9 Å². The van der Waals surface area contributed by atoms with E-state index in [9.17, 15) is 33.4 Å². The van der Waals surface area contributed by atoms with E-state index in [1.54, 1.807) is 12.1 Å². The Balaban J connectivity index is 0.00000803. The first-order valence-electron chi connectivity index (χ1n) is 33.9. The Morgan fingerprint density at radius 2 is 1.60 bits per heavy atom. The second-order valence-electron chi connectivity index (χ2n) is 28.5. The van der Waals surface area contributed by atoms with Gasteiger partial charge in [-0.25, -0.2) is 13.4 Å². The van der Waals surface area contributed by atoms with Crippen molar-refractivity contribution in [3.63, 3.8) is 0 Å². The molecular formula is C79H87N4NaO9S. The molecule has 5 aliphatic heterocycles. The van der Waals surface area contributed by atoms with Crippen LogP contribution in [0.25, 0.3) is 10.8 Å². The van der Waals surface area contributed by atoms with Gasteiger partial charge in [0.1, 0.15) is 17.6 Å². The van der Waals surface area contributed by atoms with E-state index in [0.29, 0.717) is 81.1 Å². The summed E-state index contributed by atoms with van der Waals surface area (Å²) >= 11 is 0. The van der Waals surface area contributed by atoms with Crippen LogP contribution in [0.5, 0.6) is 11.5 Å². The van der Waals surface area contributed by atoms with Crippen molar-refractivity contribution in [1.82, 2.24) is 5.32 Å². The summed E-state index contributed by atoms with van der Waals surface area (Å²) in [5.74, 6) is 4.19. The van der Waals surface area contributed by atoms with E-state index in [2.05, 4.69) is 121 Å². The maximum absolute atomic E-state index is 14.5. The van der Waals surface area contributed by atoms with E-state index >= 15 is 0 Å². The molecule has 16 atom stereocenters. The Labute approximate surface area is 575 Å². The predicted molar refractivity (Wildman–Crippen MR) is 362 cm³/mol. The molecule has 15 heteroatoms. The number of nitrogens with zero attached hydrogens (tertiary/aromatic N) is 1. The molecule has 9 aliphatic rings. The molecule has 9 N–H and O–H groups in total. The fourth-order valence-electron chi connectivity index (χ4n) is 18.6. The summed E-state index contributed by atoms with van der Waals surface area (Å²) in [6.45, 7) is 2.80. The number of fused-ring (bicyclic) bond motifs is 10. The molecule has 5 heterocycles. The van der Waals surface area contributed by atoms with Crippen LogP contribution in [0.15, 0.2) is 168 Å². The van der Waals surface area contributed by atoms with Crippen LogP contribution < -0.4 is 51.1 Å². The first-order valence-corrected chi connectivity index (χ1v) is 35.4. The molecule has 4 aliphatic carbocycles. The zero-order valence-corrected chi connectivity index (χ0v) is 57.1. The molecule has 10 bridgehead atoms. The molecule has 2 saturated carbocycles. The summed E-state index contributed by atoms with van der Waals surface area (Å²) in [5.41, 5.74) is 21.8. The van der Waals surface area contributed by atoms with Crippen LogP contribution in [0, 0.1) is 53.3 Å². The van der Waals surface area contributed by atoms with Crippen molar-refractivity contribution in [1.29, 1.82) is 0 Å². The zero-order chi connectivity index (χ0) is 64.3. The van der Waals surface area contributed by atoms with E-state index in [0.717, 1.165) is 86.7 Å². The standard InChI is InChI=1S/C79H88N4O9S.Na/c1-47-15-16-56-39-64-29-31-67(56)69(47)43-74(93(88,89)90)70-41-60-37-59(40-65-35-49(46-84)11-8-13-55-38-63(85)28-30-68(55)76(60)91-65)75(70)53-21-25-62(26-22-53)79(92-64,83-77(80)81)71-32-27-61-24-23-57(44-78(61,87)72(71)36-48-9-4-3-5-10-48)51-17-19-52(20-18-51)73(86)42-58-34-50(45-82-2)33-54-12-6-7-14-66(54)58;/h3-7,9-10,12,14,17-22,25-26,28-31,33-34,38-39,41,47,49,57,59,61,65,69-76,82,84-87H,11,15-16,23-24,27,32,35-37,40,42-46H2,1-2H3,(H4,80,81,83)(H,88,89,90);/q;+1/p-1/t47-,49+,57-,59-,61-,65-,69+,70-,71-,72-,73+,74-,75+,76-,78+,79+;/m1./s1. The van der Waals surface area contributed by atoms with Crippen LogP contribution in [0.1, 0.15) is 169 Å². The molecule has 0 aromatic heterocycles. The SMILES string of the molecule is CNCc1cc(C[C@H](O)c2ccc([C@@H]3CC[C@@H]4CC[C@@H]([C@@]5(N=C(N)N)Oc6ccc7c(c6)CC[C@@H](C)[C@@H]7C[C@@H](S(=O)(=O)[O-])[C@H]6C=C7C[C@H](C[C@H]8C[C@@H](CO)CC#Cc9cc(O)ccc9[C@@H]7O8)[C@@H]6c6ccc5cc6)[C@@H](Cc5ccccc5)[C@]4(O)C3)cc2)c2ccccc2c1.[Na+]. The third kappa shape index (κ3) is 13.0. The van der Waals surface area contributed by atoms with Crippen molar-refractivity contribution in [2.45, 2.75) is 156 Å². The average Bonchev–Trinajstić information content (AvgIpc) is 0.905. The number of phenolic OH excluding ortho intramolecular Hbond substituents is 1. The van der Waals surface area contributed by atoms with Crippen LogP contribution in [0.3, 0.4) is 0 Å². The molecular weight excluding hydrogens is 1200 g/mol. The van der Waals surface area contributed by atoms with Crippen LogP contribution in [-0.4, -0.2) is 70.0 Å². The van der Waals surface area contributed by atoms with Crippen LogP contribution in [0.2, 0.25) is 0 Å². The smallest absolute Gasteiger partial charge is 0.748 e. The molecule has 0 unspecified atom stereocenters. The summed E-state index contributed by atoms with van der Waals surface area (Å²) < 4.78 is 58.4. The second kappa shape index (κ2) is 27.3. The van der Waals surface area contributed by atoms with E-state index in [1.807, 2.05) is 55.6 Å². The largest absolute Gasteiger partial charge is 1.00 e. The van der Waals surface area contributed by atoms with Crippen molar-refractivity contribution in [3.05, 3.63) is 225 Å². The first-order chi connectivity index (χ1) is 44.9. The van der Waals surface area contributed by atoms with Crippen molar-refractivity contribution in [3.8, 4) is 23.3 Å². The number of hydrogen-bond acceptors (Lipinski definition) is 11. The topological polar surface area (TPSA) is 233 Å². The molecule has 1 saturated heterocycles. The summed E-state index contributed by atoms with van der Waals surface area (Å²) in [5, 5.41) is 52.0. The molecule has 3 fully saturated rings. The number of aliphatic hydroxyl groups excluding tert-OH is 2. The number of benzene rings is 7. The van der Waals surface area contributed by atoms with Gasteiger partial charge in [0, 0.05) is 54.5 Å². The van der Waals surface area contributed by atoms with Crippen LogP contribution in [-0.2, 0) is 46.4 Å². The number of ether oxygens (including phenoxy) is 2. The van der Waals surface area contributed by atoms with Crippen LogP contribution in [0.4, 0.5) is 0 Å². The number of allylic oxidation sites excluding steroid dienone is 1. The fraction of sp³-hybridized carbons (Fsp3) is 0.430. The van der Waals surface area contributed by atoms with Crippen molar-refractivity contribution < 1.29 is 72.4 Å². The average molecular weight is 1290 g/mol. The number of rotatable bonds is 12. The Kier molecular flexibility index (Phi) is 19.3. The normalized spacial score (nSPS) is 30.5. The second-order valence-corrected chi connectivity index (χ2v) is 30.1. The Morgan fingerprint density at radius 3 is 2.36 bits per heavy atom. The van der Waals surface area contributed by atoms with Gasteiger partial charge in [-0.2, -0.15) is 0 Å². The number of nitrogens with two attached hydrogens (primary N) is 2. The van der Waals surface area contributed by atoms with Crippen LogP contribution >= 0.6 is 0 Å². The Hall–Kier alpha value is -6.32. The molecule has 7 aromatic carbocycles. The molecule has 16 rings (SSSR count). The van der Waals surface area contributed by atoms with Crippen molar-refractivity contribution in [2.24, 2.45) is 57.9 Å². The number of aryl methyl sites for hydroxylation is 1. The first kappa shape index (κ1) is 66.3. The number of aliphatic hydroxyl groups is 3. The van der Waals surface area contributed by atoms with Gasteiger partial charge in [0.15, 0.2) is 5.96 Å². The molecule has 0 amide bonds. The van der Waals surface area contributed by atoms with Gasteiger partial charge in [0.25, 0.3) is 0 Å². The maximum atomic E-state index is 14.5. The van der Waals surface area contributed by atoms with Gasteiger partial charge < -0.3 is 51.2 Å². The maximum Gasteiger partial charge on any atom is 1.00 e. The van der Waals surface area contributed by atoms with Gasteiger partial charge in [0.05, 0.1) is 33.2 Å². The van der Waals surface area contributed by atoms with Gasteiger partial charge in [-0.1, -0.05) is 146 Å². The molecule has 7 aromatic rings. The van der Waals surface area contributed by atoms with E-state index < -0.39 is 62.6 Å². The van der Waals surface area contributed by atoms with Gasteiger partial charge in [-0.3, -0.25) is 0 Å². The Morgan fingerprint density at radius 1 is 0.840 bits per heavy atom. The summed E-state index contributed by atoms with van der Waals surface area (Å²) in [4.78, 5) is 5.37. The third-order valence-electron chi connectivity index (χ3n) is 23.0. The molecule has 13 nitrogen and oxygen atoms in total. The number of aliphatic imine (C=N–C) groups is 1. The van der Waals surface area contributed by atoms with E-state index in [4.69, 9.17) is 25.9 Å². The minimum atomic E-state index is -4.98. The molecule has 0 spiro atoms. The zero-order valence-electron chi connectivity index (χ0n) is 54.2.